The van der Waals surface area contributed by atoms with Gasteiger partial charge in [-0.15, -0.1) is 0 Å². The molecule has 2 aliphatic rings. The summed E-state index contributed by atoms with van der Waals surface area (Å²) in [7, 11) is 0. The minimum absolute atomic E-state index is 0.356. The largest absolute Gasteiger partial charge is 0.423 e. The van der Waals surface area contributed by atoms with Crippen molar-refractivity contribution in [2.75, 3.05) is 0 Å². The number of H-pyrrole nitrogens is 2. The number of ether oxygens (including phenoxy) is 1. The number of benzene rings is 5. The number of hydrogen-bond donors (Lipinski definition) is 2. The van der Waals surface area contributed by atoms with Gasteiger partial charge in [-0.25, -0.2) is 14.8 Å². The molecule has 5 aromatic carbocycles. The van der Waals surface area contributed by atoms with Crippen molar-refractivity contribution in [3.63, 3.8) is 0 Å². The van der Waals surface area contributed by atoms with E-state index in [1.54, 1.807) is 12.1 Å². The van der Waals surface area contributed by atoms with Crippen LogP contribution in [0.5, 0.6) is 5.75 Å². The van der Waals surface area contributed by atoms with Crippen LogP contribution in [0.4, 0.5) is 0 Å². The van der Waals surface area contributed by atoms with E-state index in [-0.39, 0.29) is 0 Å². The Labute approximate surface area is 280 Å². The lowest BCUT2D eigenvalue weighted by atomic mass is 10.0. The summed E-state index contributed by atoms with van der Waals surface area (Å²) in [5, 5.41) is 4.01. The lowest BCUT2D eigenvalue weighted by Gasteiger charge is -2.07. The predicted octanol–water partition coefficient (Wildman–Crippen LogP) is 10.5. The predicted molar refractivity (Wildman–Crippen MR) is 196 cm³/mol. The van der Waals surface area contributed by atoms with Crippen molar-refractivity contribution in [2.24, 2.45) is 0 Å². The second-order valence-electron chi connectivity index (χ2n) is 12.3. The van der Waals surface area contributed by atoms with Gasteiger partial charge in [-0.05, 0) is 30.3 Å². The number of aromatic nitrogens is 4. The number of para-hydroxylation sites is 1. The summed E-state index contributed by atoms with van der Waals surface area (Å²) in [6.45, 7) is 0. The van der Waals surface area contributed by atoms with E-state index in [0.717, 1.165) is 77.4 Å². The van der Waals surface area contributed by atoms with E-state index < -0.39 is 5.97 Å². The molecular weight excluding hydrogens is 604 g/mol. The molecular formula is C43H26N4O2. The topological polar surface area (TPSA) is 83.7 Å². The highest BCUT2D eigenvalue weighted by molar-refractivity contribution is 6.17. The molecule has 0 unspecified atom stereocenters. The lowest BCUT2D eigenvalue weighted by molar-refractivity contribution is 0.0737. The maximum absolute atomic E-state index is 14.5. The molecule has 2 aliphatic heterocycles. The first kappa shape index (κ1) is 27.3. The summed E-state index contributed by atoms with van der Waals surface area (Å²) in [5.74, 6) is -0.0406. The van der Waals surface area contributed by atoms with Crippen LogP contribution >= 0.6 is 0 Å². The summed E-state index contributed by atoms with van der Waals surface area (Å²) >= 11 is 0. The third kappa shape index (κ3) is 4.31. The van der Waals surface area contributed by atoms with Crippen LogP contribution in [0.2, 0.25) is 0 Å². The maximum Gasteiger partial charge on any atom is 0.347 e. The number of rotatable bonds is 2. The number of carbonyl (C=O) groups is 1. The van der Waals surface area contributed by atoms with E-state index in [9.17, 15) is 4.79 Å². The van der Waals surface area contributed by atoms with Gasteiger partial charge in [0.05, 0.1) is 28.3 Å². The first-order valence-electron chi connectivity index (χ1n) is 16.2. The fourth-order valence-corrected chi connectivity index (χ4v) is 7.21. The zero-order chi connectivity index (χ0) is 32.5. The third-order valence-electron chi connectivity index (χ3n) is 9.42. The van der Waals surface area contributed by atoms with Crippen LogP contribution in [-0.4, -0.2) is 25.9 Å². The Morgan fingerprint density at radius 2 is 0.918 bits per heavy atom. The Morgan fingerprint density at radius 1 is 0.469 bits per heavy atom. The van der Waals surface area contributed by atoms with Gasteiger partial charge in [0.25, 0.3) is 0 Å². The van der Waals surface area contributed by atoms with Gasteiger partial charge in [-0.1, -0.05) is 115 Å². The molecule has 0 aliphatic carbocycles. The van der Waals surface area contributed by atoms with Crippen LogP contribution < -0.4 is 4.74 Å². The molecule has 0 radical (unpaired) electrons. The van der Waals surface area contributed by atoms with E-state index in [4.69, 9.17) is 14.7 Å². The molecule has 0 amide bonds. The first-order valence-corrected chi connectivity index (χ1v) is 16.2. The van der Waals surface area contributed by atoms with Crippen molar-refractivity contribution in [1.29, 1.82) is 0 Å². The fourth-order valence-electron chi connectivity index (χ4n) is 7.21. The Hall–Kier alpha value is -6.79. The number of fused-ring (bicyclic) bond motifs is 20. The summed E-state index contributed by atoms with van der Waals surface area (Å²) in [5.41, 5.74) is 10.6. The van der Waals surface area contributed by atoms with Crippen LogP contribution in [-0.2, 0) is 0 Å². The average molecular weight is 631 g/mol. The Morgan fingerprint density at radius 3 is 1.53 bits per heavy atom. The highest BCUT2D eigenvalue weighted by Gasteiger charge is 2.27. The van der Waals surface area contributed by atoms with Gasteiger partial charge >= 0.3 is 5.97 Å². The van der Waals surface area contributed by atoms with Crippen molar-refractivity contribution in [2.45, 2.75) is 0 Å². The van der Waals surface area contributed by atoms with Crippen molar-refractivity contribution in [1.82, 2.24) is 19.9 Å². The van der Waals surface area contributed by atoms with E-state index >= 15 is 0 Å². The second-order valence-corrected chi connectivity index (χ2v) is 12.3. The van der Waals surface area contributed by atoms with Crippen LogP contribution in [0.3, 0.4) is 0 Å². The van der Waals surface area contributed by atoms with Crippen LogP contribution in [0, 0.1) is 0 Å². The van der Waals surface area contributed by atoms with E-state index in [1.807, 2.05) is 72.8 Å². The normalized spacial score (nSPS) is 11.8. The summed E-state index contributed by atoms with van der Waals surface area (Å²) < 4.78 is 6.07. The molecule has 6 heteroatoms. The highest BCUT2D eigenvalue weighted by atomic mass is 16.5. The lowest BCUT2D eigenvalue weighted by Crippen LogP contribution is -2.10. The number of nitrogens with zero attached hydrogens (tertiary/aromatic N) is 2. The SMILES string of the molecule is O=C(Oc1ccccc1)c1c2nc(cc3[nH]c(cc4nc(cc5[nH]c1c1ccccc51)-c1ccccc1-4)c1ccccc31)-c1ccccc1-2. The van der Waals surface area contributed by atoms with E-state index in [0.29, 0.717) is 22.5 Å². The molecule has 0 atom stereocenters. The van der Waals surface area contributed by atoms with E-state index in [1.165, 1.54) is 0 Å². The van der Waals surface area contributed by atoms with Crippen molar-refractivity contribution in [3.8, 4) is 50.8 Å². The van der Waals surface area contributed by atoms with Crippen LogP contribution in [0.15, 0.2) is 146 Å². The molecule has 0 saturated carbocycles. The second kappa shape index (κ2) is 10.6. The zero-order valence-electron chi connectivity index (χ0n) is 26.1. The average Bonchev–Trinajstić information content (AvgIpc) is 3.88. The molecule has 0 fully saturated rings. The van der Waals surface area contributed by atoms with E-state index in [2.05, 4.69) is 70.6 Å². The first-order chi connectivity index (χ1) is 24.2. The van der Waals surface area contributed by atoms with Crippen molar-refractivity contribution >= 4 is 49.6 Å². The molecule has 8 bridgehead atoms. The van der Waals surface area contributed by atoms with Gasteiger partial charge in [0.2, 0.25) is 0 Å². The Kier molecular flexibility index (Phi) is 5.92. The van der Waals surface area contributed by atoms with Crippen molar-refractivity contribution < 1.29 is 9.53 Å². The molecule has 10 rings (SSSR count). The summed E-state index contributed by atoms with van der Waals surface area (Å²) in [6.07, 6.45) is 0. The molecule has 0 spiro atoms. The van der Waals surface area contributed by atoms with Gasteiger partial charge in [-0.3, -0.25) is 0 Å². The van der Waals surface area contributed by atoms with Gasteiger partial charge in [-0.2, -0.15) is 0 Å². The van der Waals surface area contributed by atoms with Crippen LogP contribution in [0.25, 0.3) is 88.6 Å². The summed E-state index contributed by atoms with van der Waals surface area (Å²) in [4.78, 5) is 32.3. The molecule has 5 heterocycles. The molecule has 6 nitrogen and oxygen atoms in total. The minimum Gasteiger partial charge on any atom is -0.423 e. The Bertz CT molecular complexity index is 2830. The monoisotopic (exact) mass is 630 g/mol. The summed E-state index contributed by atoms with van der Waals surface area (Å²) in [6, 6.07) is 48.2. The van der Waals surface area contributed by atoms with Crippen molar-refractivity contribution in [3.05, 3.63) is 151 Å². The van der Waals surface area contributed by atoms with Gasteiger partial charge in [0, 0.05) is 60.3 Å². The molecule has 0 saturated heterocycles. The molecule has 49 heavy (non-hydrogen) atoms. The standard InChI is InChI=1S/C43H26N4O2/c48-43(49-25-12-2-1-3-13-25)40-41-32-20-10-8-18-30(32)38(46-41)23-36-28-16-6-4-14-26(28)34(44-36)22-35-27-15-5-7-17-29(27)37(45-35)24-39-31-19-9-11-21-33(31)42(40)47-39/h1-24,44,47H. The smallest absolute Gasteiger partial charge is 0.347 e. The quantitative estimate of drug-likeness (QED) is 0.147. The number of aromatic amines is 2. The number of hydrogen-bond acceptors (Lipinski definition) is 4. The maximum atomic E-state index is 14.5. The number of carbonyl (C=O) groups excluding carboxylic acids is 1. The van der Waals surface area contributed by atoms with Crippen LogP contribution in [0.1, 0.15) is 10.4 Å². The number of nitrogens with one attached hydrogen (secondary N) is 2. The molecule has 3 aromatic heterocycles. The molecule has 2 N–H and O–H groups in total. The molecule has 8 aromatic rings. The Balaban J connectivity index is 1.42. The van der Waals surface area contributed by atoms with Gasteiger partial charge < -0.3 is 14.7 Å². The number of esters is 1. The molecule has 230 valence electrons. The minimum atomic E-state index is -0.498. The van der Waals surface area contributed by atoms with Gasteiger partial charge in [0.1, 0.15) is 11.3 Å². The van der Waals surface area contributed by atoms with Gasteiger partial charge in [0.15, 0.2) is 0 Å². The zero-order valence-corrected chi connectivity index (χ0v) is 26.1. The third-order valence-corrected chi connectivity index (χ3v) is 9.42. The fraction of sp³-hybridized carbons (Fsp3) is 0. The highest BCUT2D eigenvalue weighted by Crippen LogP contribution is 2.42.